The Morgan fingerprint density at radius 1 is 1.29 bits per heavy atom. The fourth-order valence-electron chi connectivity index (χ4n) is 2.54. The Hall–Kier alpha value is -0.160. The van der Waals surface area contributed by atoms with Crippen LogP contribution in [-0.2, 0) is 9.47 Å². The molecule has 2 rings (SSSR count). The molecule has 0 spiro atoms. The van der Waals surface area contributed by atoms with Gasteiger partial charge in [0.15, 0.2) is 0 Å². The van der Waals surface area contributed by atoms with Crippen molar-refractivity contribution in [3.63, 3.8) is 0 Å². The van der Waals surface area contributed by atoms with E-state index in [-0.39, 0.29) is 6.10 Å². The average Bonchev–Trinajstić information content (AvgIpc) is 3.06. The molecule has 2 fully saturated rings. The van der Waals surface area contributed by atoms with Crippen LogP contribution in [0.3, 0.4) is 0 Å². The molecule has 2 unspecified atom stereocenters. The van der Waals surface area contributed by atoms with E-state index in [1.165, 1.54) is 38.9 Å². The van der Waals surface area contributed by atoms with Crippen LogP contribution in [0.25, 0.3) is 0 Å². The van der Waals surface area contributed by atoms with E-state index in [2.05, 4.69) is 10.2 Å². The third-order valence-corrected chi connectivity index (χ3v) is 3.79. The highest BCUT2D eigenvalue weighted by Gasteiger charge is 2.27. The van der Waals surface area contributed by atoms with E-state index >= 15 is 0 Å². The maximum Gasteiger partial charge on any atom is 0.0931 e. The molecule has 1 saturated heterocycles. The normalized spacial score (nSPS) is 27.5. The molecule has 4 nitrogen and oxygen atoms in total. The van der Waals surface area contributed by atoms with Gasteiger partial charge in [0.25, 0.3) is 0 Å². The summed E-state index contributed by atoms with van der Waals surface area (Å²) in [6.45, 7) is 5.31. The molecule has 17 heavy (non-hydrogen) atoms. The molecule has 0 aromatic carbocycles. The van der Waals surface area contributed by atoms with Crippen molar-refractivity contribution in [2.75, 3.05) is 47.0 Å². The second kappa shape index (κ2) is 6.69. The summed E-state index contributed by atoms with van der Waals surface area (Å²) in [5, 5.41) is 3.63. The van der Waals surface area contributed by atoms with Gasteiger partial charge in [0, 0.05) is 33.4 Å². The van der Waals surface area contributed by atoms with Gasteiger partial charge in [-0.2, -0.15) is 0 Å². The molecule has 0 bridgehead atoms. The molecule has 1 aliphatic carbocycles. The highest BCUT2D eigenvalue weighted by molar-refractivity contribution is 4.85. The predicted molar refractivity (Wildman–Crippen MR) is 68.2 cm³/mol. The van der Waals surface area contributed by atoms with Gasteiger partial charge in [-0.25, -0.2) is 0 Å². The SMILES string of the molecule is COCC(CN1CCC(CNC2CC2)C1)OC. The molecule has 2 atom stereocenters. The van der Waals surface area contributed by atoms with Crippen molar-refractivity contribution in [1.29, 1.82) is 0 Å². The molecular formula is C13H26N2O2. The molecule has 0 aromatic heterocycles. The lowest BCUT2D eigenvalue weighted by Gasteiger charge is -2.22. The van der Waals surface area contributed by atoms with Gasteiger partial charge in [-0.15, -0.1) is 0 Å². The van der Waals surface area contributed by atoms with Gasteiger partial charge in [-0.3, -0.25) is 0 Å². The number of methoxy groups -OCH3 is 2. The Morgan fingerprint density at radius 2 is 2.12 bits per heavy atom. The average molecular weight is 242 g/mol. The number of nitrogens with zero attached hydrogens (tertiary/aromatic N) is 1. The van der Waals surface area contributed by atoms with Crippen molar-refractivity contribution in [1.82, 2.24) is 10.2 Å². The summed E-state index contributed by atoms with van der Waals surface area (Å²) in [6.07, 6.45) is 4.31. The van der Waals surface area contributed by atoms with Crippen LogP contribution in [0, 0.1) is 5.92 Å². The predicted octanol–water partition coefficient (Wildman–Crippen LogP) is 0.722. The van der Waals surface area contributed by atoms with Crippen molar-refractivity contribution in [2.24, 2.45) is 5.92 Å². The number of ether oxygens (including phenoxy) is 2. The van der Waals surface area contributed by atoms with E-state index in [4.69, 9.17) is 9.47 Å². The highest BCUT2D eigenvalue weighted by atomic mass is 16.5. The van der Waals surface area contributed by atoms with Gasteiger partial charge in [0.05, 0.1) is 12.7 Å². The van der Waals surface area contributed by atoms with Gasteiger partial charge in [0.1, 0.15) is 0 Å². The summed E-state index contributed by atoms with van der Waals surface area (Å²) in [7, 11) is 3.50. The lowest BCUT2D eigenvalue weighted by Crippen LogP contribution is -2.35. The van der Waals surface area contributed by atoms with Crippen LogP contribution in [0.1, 0.15) is 19.3 Å². The zero-order valence-corrected chi connectivity index (χ0v) is 11.2. The molecule has 0 aromatic rings. The first kappa shape index (κ1) is 13.3. The number of rotatable bonds is 8. The van der Waals surface area contributed by atoms with Gasteiger partial charge in [-0.1, -0.05) is 0 Å². The fourth-order valence-corrected chi connectivity index (χ4v) is 2.54. The van der Waals surface area contributed by atoms with Crippen LogP contribution in [0.15, 0.2) is 0 Å². The molecule has 1 aliphatic heterocycles. The van der Waals surface area contributed by atoms with E-state index in [9.17, 15) is 0 Å². The van der Waals surface area contributed by atoms with Crippen molar-refractivity contribution in [3.8, 4) is 0 Å². The highest BCUT2D eigenvalue weighted by Crippen LogP contribution is 2.21. The minimum atomic E-state index is 0.218. The van der Waals surface area contributed by atoms with Crippen LogP contribution in [0.5, 0.6) is 0 Å². The van der Waals surface area contributed by atoms with Crippen molar-refractivity contribution >= 4 is 0 Å². The van der Waals surface area contributed by atoms with Crippen molar-refractivity contribution < 1.29 is 9.47 Å². The lowest BCUT2D eigenvalue weighted by molar-refractivity contribution is 0.00949. The summed E-state index contributed by atoms with van der Waals surface area (Å²) in [5.74, 6) is 0.829. The first-order valence-corrected chi connectivity index (χ1v) is 6.79. The summed E-state index contributed by atoms with van der Waals surface area (Å²) in [4.78, 5) is 2.51. The zero-order valence-electron chi connectivity index (χ0n) is 11.2. The van der Waals surface area contributed by atoms with E-state index < -0.39 is 0 Å². The minimum absolute atomic E-state index is 0.218. The van der Waals surface area contributed by atoms with Gasteiger partial charge >= 0.3 is 0 Å². The van der Waals surface area contributed by atoms with E-state index in [0.717, 1.165) is 18.5 Å². The maximum atomic E-state index is 5.41. The molecule has 0 radical (unpaired) electrons. The smallest absolute Gasteiger partial charge is 0.0931 e. The van der Waals surface area contributed by atoms with Crippen molar-refractivity contribution in [2.45, 2.75) is 31.4 Å². The summed E-state index contributed by atoms with van der Waals surface area (Å²) < 4.78 is 10.6. The molecule has 100 valence electrons. The Kier molecular flexibility index (Phi) is 5.22. The van der Waals surface area contributed by atoms with E-state index in [1.807, 2.05) is 0 Å². The molecule has 1 saturated carbocycles. The van der Waals surface area contributed by atoms with E-state index in [0.29, 0.717) is 6.61 Å². The van der Waals surface area contributed by atoms with Crippen LogP contribution in [0.4, 0.5) is 0 Å². The molecule has 1 heterocycles. The fraction of sp³-hybridized carbons (Fsp3) is 1.00. The molecular weight excluding hydrogens is 216 g/mol. The van der Waals surface area contributed by atoms with Crippen LogP contribution in [0.2, 0.25) is 0 Å². The van der Waals surface area contributed by atoms with E-state index in [1.54, 1.807) is 14.2 Å². The summed E-state index contributed by atoms with van der Waals surface area (Å²) in [6, 6.07) is 0.837. The summed E-state index contributed by atoms with van der Waals surface area (Å²) in [5.41, 5.74) is 0. The number of hydrogen-bond acceptors (Lipinski definition) is 4. The zero-order chi connectivity index (χ0) is 12.1. The van der Waals surface area contributed by atoms with Crippen molar-refractivity contribution in [3.05, 3.63) is 0 Å². The second-order valence-corrected chi connectivity index (χ2v) is 5.41. The molecule has 2 aliphatic rings. The Bertz CT molecular complexity index is 221. The Morgan fingerprint density at radius 3 is 2.76 bits per heavy atom. The number of nitrogens with one attached hydrogen (secondary N) is 1. The van der Waals surface area contributed by atoms with Crippen LogP contribution >= 0.6 is 0 Å². The third-order valence-electron chi connectivity index (χ3n) is 3.79. The standard InChI is InChI=1S/C13H26N2O2/c1-16-10-13(17-2)9-15-6-5-11(8-15)7-14-12-3-4-12/h11-14H,3-10H2,1-2H3. The first-order chi connectivity index (χ1) is 8.31. The topological polar surface area (TPSA) is 33.7 Å². The minimum Gasteiger partial charge on any atom is -0.382 e. The second-order valence-electron chi connectivity index (χ2n) is 5.41. The van der Waals surface area contributed by atoms with Gasteiger partial charge in [-0.05, 0) is 38.3 Å². The maximum absolute atomic E-state index is 5.41. The monoisotopic (exact) mass is 242 g/mol. The van der Waals surface area contributed by atoms with Gasteiger partial charge < -0.3 is 19.7 Å². The third kappa shape index (κ3) is 4.54. The van der Waals surface area contributed by atoms with Crippen LogP contribution in [-0.4, -0.2) is 64.1 Å². The Balaban J connectivity index is 1.61. The first-order valence-electron chi connectivity index (χ1n) is 6.79. The number of hydrogen-bond donors (Lipinski definition) is 1. The molecule has 1 N–H and O–H groups in total. The molecule has 0 amide bonds. The Labute approximate surface area is 105 Å². The number of likely N-dealkylation sites (tertiary alicyclic amines) is 1. The molecule has 4 heteroatoms. The lowest BCUT2D eigenvalue weighted by atomic mass is 10.1. The summed E-state index contributed by atoms with van der Waals surface area (Å²) >= 11 is 0. The van der Waals surface area contributed by atoms with Gasteiger partial charge in [0.2, 0.25) is 0 Å². The van der Waals surface area contributed by atoms with Crippen LogP contribution < -0.4 is 5.32 Å². The quantitative estimate of drug-likeness (QED) is 0.680. The largest absolute Gasteiger partial charge is 0.382 e.